The molecular weight excluding hydrogens is 240 g/mol. The molecule has 1 N–H and O–H groups in total. The van der Waals surface area contributed by atoms with Gasteiger partial charge in [0.2, 0.25) is 0 Å². The molecule has 0 spiro atoms. The number of nitrogens with zero attached hydrogens (tertiary/aromatic N) is 2. The summed E-state index contributed by atoms with van der Waals surface area (Å²) in [6, 6.07) is 14.3. The van der Waals surface area contributed by atoms with E-state index in [0.29, 0.717) is 6.54 Å². The summed E-state index contributed by atoms with van der Waals surface area (Å²) < 4.78 is 1.78. The van der Waals surface area contributed by atoms with Crippen LogP contribution in [0.4, 0.5) is 0 Å². The van der Waals surface area contributed by atoms with Crippen molar-refractivity contribution in [2.75, 3.05) is 0 Å². The first-order valence-corrected chi connectivity index (χ1v) is 5.96. The summed E-state index contributed by atoms with van der Waals surface area (Å²) in [5.74, 6) is -1.00. The summed E-state index contributed by atoms with van der Waals surface area (Å²) in [7, 11) is 0. The molecule has 3 aromatic rings. The minimum absolute atomic E-state index is 0.0697. The fourth-order valence-corrected chi connectivity index (χ4v) is 2.18. The molecule has 0 aliphatic heterocycles. The number of imidazole rings is 1. The van der Waals surface area contributed by atoms with Gasteiger partial charge in [0.1, 0.15) is 0 Å². The van der Waals surface area contributed by atoms with Gasteiger partial charge in [-0.2, -0.15) is 0 Å². The van der Waals surface area contributed by atoms with E-state index in [1.807, 2.05) is 24.3 Å². The average molecular weight is 252 g/mol. The van der Waals surface area contributed by atoms with Crippen molar-refractivity contribution in [1.29, 1.82) is 0 Å². The summed E-state index contributed by atoms with van der Waals surface area (Å²) in [6.45, 7) is 0.613. The van der Waals surface area contributed by atoms with Crippen LogP contribution in [-0.4, -0.2) is 20.6 Å². The van der Waals surface area contributed by atoms with Crippen molar-refractivity contribution < 1.29 is 9.90 Å². The molecule has 1 heterocycles. The molecule has 2 aromatic carbocycles. The summed E-state index contributed by atoms with van der Waals surface area (Å²) in [4.78, 5) is 14.7. The van der Waals surface area contributed by atoms with Gasteiger partial charge in [0.05, 0.1) is 6.33 Å². The van der Waals surface area contributed by atoms with Gasteiger partial charge in [0, 0.05) is 12.7 Å². The van der Waals surface area contributed by atoms with Gasteiger partial charge >= 0.3 is 5.97 Å². The number of carbonyl (C=O) groups is 1. The number of hydrogen-bond acceptors (Lipinski definition) is 2. The third-order valence-corrected chi connectivity index (χ3v) is 3.09. The minimum atomic E-state index is -1.00. The van der Waals surface area contributed by atoms with Crippen LogP contribution in [0.2, 0.25) is 0 Å². The second kappa shape index (κ2) is 4.57. The number of carboxylic acid groups (broad SMARTS) is 1. The zero-order chi connectivity index (χ0) is 13.2. The fraction of sp³-hybridized carbons (Fsp3) is 0.0667. The molecule has 0 aliphatic carbocycles. The van der Waals surface area contributed by atoms with Crippen LogP contribution in [0.5, 0.6) is 0 Å². The van der Waals surface area contributed by atoms with Gasteiger partial charge in [0.15, 0.2) is 5.69 Å². The largest absolute Gasteiger partial charge is 0.476 e. The predicted molar refractivity (Wildman–Crippen MR) is 72.2 cm³/mol. The van der Waals surface area contributed by atoms with Crippen LogP contribution >= 0.6 is 0 Å². The lowest BCUT2D eigenvalue weighted by molar-refractivity contribution is 0.0691. The monoisotopic (exact) mass is 252 g/mol. The van der Waals surface area contributed by atoms with E-state index in [1.165, 1.54) is 10.8 Å². The van der Waals surface area contributed by atoms with E-state index in [9.17, 15) is 4.79 Å². The molecule has 0 unspecified atom stereocenters. The highest BCUT2D eigenvalue weighted by Gasteiger charge is 2.07. The molecule has 0 atom stereocenters. The Morgan fingerprint density at radius 1 is 1.16 bits per heavy atom. The summed E-state index contributed by atoms with van der Waals surface area (Å²) in [5, 5.41) is 11.2. The van der Waals surface area contributed by atoms with E-state index in [-0.39, 0.29) is 5.69 Å². The number of benzene rings is 2. The van der Waals surface area contributed by atoms with Gasteiger partial charge in [-0.3, -0.25) is 0 Å². The smallest absolute Gasteiger partial charge is 0.356 e. The highest BCUT2D eigenvalue weighted by molar-refractivity contribution is 5.86. The van der Waals surface area contributed by atoms with Crippen molar-refractivity contribution >= 4 is 16.7 Å². The molecule has 0 saturated heterocycles. The lowest BCUT2D eigenvalue weighted by atomic mass is 10.0. The van der Waals surface area contributed by atoms with Crippen molar-refractivity contribution in [1.82, 2.24) is 9.55 Å². The second-order valence-electron chi connectivity index (χ2n) is 4.37. The summed E-state index contributed by atoms with van der Waals surface area (Å²) in [6.07, 6.45) is 3.09. The lowest BCUT2D eigenvalue weighted by Gasteiger charge is -2.06. The van der Waals surface area contributed by atoms with Crippen LogP contribution in [0.15, 0.2) is 55.0 Å². The Bertz CT molecular complexity index is 741. The Morgan fingerprint density at radius 2 is 1.95 bits per heavy atom. The molecule has 19 heavy (non-hydrogen) atoms. The Morgan fingerprint density at radius 3 is 2.74 bits per heavy atom. The molecule has 0 radical (unpaired) electrons. The van der Waals surface area contributed by atoms with Crippen LogP contribution < -0.4 is 0 Å². The van der Waals surface area contributed by atoms with Crippen LogP contribution in [0.25, 0.3) is 10.8 Å². The Kier molecular flexibility index (Phi) is 2.76. The van der Waals surface area contributed by atoms with E-state index >= 15 is 0 Å². The third-order valence-electron chi connectivity index (χ3n) is 3.09. The Labute approximate surface area is 109 Å². The summed E-state index contributed by atoms with van der Waals surface area (Å²) in [5.41, 5.74) is 1.22. The zero-order valence-electron chi connectivity index (χ0n) is 10.2. The predicted octanol–water partition coefficient (Wildman–Crippen LogP) is 2.78. The number of hydrogen-bond donors (Lipinski definition) is 1. The van der Waals surface area contributed by atoms with Gasteiger partial charge in [-0.05, 0) is 16.3 Å². The second-order valence-corrected chi connectivity index (χ2v) is 4.37. The maximum absolute atomic E-state index is 10.8. The van der Waals surface area contributed by atoms with Crippen molar-refractivity contribution in [2.45, 2.75) is 6.54 Å². The van der Waals surface area contributed by atoms with Crippen LogP contribution in [0.3, 0.4) is 0 Å². The third kappa shape index (κ3) is 2.20. The fourth-order valence-electron chi connectivity index (χ4n) is 2.18. The first-order valence-electron chi connectivity index (χ1n) is 5.96. The molecule has 3 rings (SSSR count). The highest BCUT2D eigenvalue weighted by atomic mass is 16.4. The zero-order valence-corrected chi connectivity index (χ0v) is 10.2. The molecule has 94 valence electrons. The molecule has 0 saturated carbocycles. The van der Waals surface area contributed by atoms with E-state index in [0.717, 1.165) is 5.56 Å². The topological polar surface area (TPSA) is 55.1 Å². The van der Waals surface area contributed by atoms with Gasteiger partial charge in [0.25, 0.3) is 0 Å². The molecule has 0 aliphatic rings. The van der Waals surface area contributed by atoms with E-state index in [4.69, 9.17) is 5.11 Å². The minimum Gasteiger partial charge on any atom is -0.476 e. The standard InChI is InChI=1S/C15H12N2O2/c18-15(19)14-9-17(10-16-14)8-12-6-3-5-11-4-1-2-7-13(11)12/h1-7,9-10H,8H2,(H,18,19). The first kappa shape index (κ1) is 11.5. The molecule has 0 amide bonds. The number of aromatic carboxylic acids is 1. The normalized spacial score (nSPS) is 10.7. The molecular formula is C15H12N2O2. The van der Waals surface area contributed by atoms with E-state index in [1.54, 1.807) is 17.1 Å². The maximum atomic E-state index is 10.8. The first-order chi connectivity index (χ1) is 9.24. The van der Waals surface area contributed by atoms with Crippen LogP contribution in [-0.2, 0) is 6.54 Å². The van der Waals surface area contributed by atoms with Crippen LogP contribution in [0.1, 0.15) is 16.1 Å². The molecule has 1 aromatic heterocycles. The lowest BCUT2D eigenvalue weighted by Crippen LogP contribution is -1.99. The van der Waals surface area contributed by atoms with Crippen molar-refractivity contribution in [2.24, 2.45) is 0 Å². The number of fused-ring (bicyclic) bond motifs is 1. The van der Waals surface area contributed by atoms with Gasteiger partial charge in [-0.15, -0.1) is 0 Å². The van der Waals surface area contributed by atoms with Crippen LogP contribution in [0, 0.1) is 0 Å². The van der Waals surface area contributed by atoms with E-state index in [2.05, 4.69) is 23.2 Å². The quantitative estimate of drug-likeness (QED) is 0.779. The number of carboxylic acids is 1. The van der Waals surface area contributed by atoms with Gasteiger partial charge in [-0.25, -0.2) is 9.78 Å². The Balaban J connectivity index is 1.98. The molecule has 0 fully saturated rings. The molecule has 4 nitrogen and oxygen atoms in total. The summed E-state index contributed by atoms with van der Waals surface area (Å²) >= 11 is 0. The van der Waals surface area contributed by atoms with Gasteiger partial charge in [-0.1, -0.05) is 42.5 Å². The van der Waals surface area contributed by atoms with Crippen molar-refractivity contribution in [3.05, 3.63) is 66.2 Å². The SMILES string of the molecule is O=C(O)c1cn(Cc2cccc3ccccc23)cn1. The number of rotatable bonds is 3. The van der Waals surface area contributed by atoms with Crippen molar-refractivity contribution in [3.63, 3.8) is 0 Å². The highest BCUT2D eigenvalue weighted by Crippen LogP contribution is 2.19. The van der Waals surface area contributed by atoms with Crippen molar-refractivity contribution in [3.8, 4) is 0 Å². The molecule has 4 heteroatoms. The average Bonchev–Trinajstić information content (AvgIpc) is 2.88. The maximum Gasteiger partial charge on any atom is 0.356 e. The van der Waals surface area contributed by atoms with E-state index < -0.39 is 5.97 Å². The number of aromatic nitrogens is 2. The Hall–Kier alpha value is -2.62. The van der Waals surface area contributed by atoms with Gasteiger partial charge < -0.3 is 9.67 Å². The molecule has 0 bridgehead atoms.